The minimum Gasteiger partial charge on any atom is -0.310 e. The van der Waals surface area contributed by atoms with Crippen LogP contribution in [-0.4, -0.2) is 0 Å². The number of rotatable bonds is 21. The first-order chi connectivity index (χ1) is 74.4. The lowest BCUT2D eigenvalue weighted by Crippen LogP contribution is -2.28. The Kier molecular flexibility index (Phi) is 24.9. The van der Waals surface area contributed by atoms with Crippen molar-refractivity contribution in [3.8, 4) is 100 Å². The molecular formula is C147H105N3. The standard InChI is InChI=1S/3C49H35N/c1-5-17-36(18-6-1)37-29-31-41(32-30-37)50(48-28-16-14-25-43(48)38-19-7-2-8-20-38)42-33-34-45-44-26-13-15-27-46(44)49(47(45)35-42,39-21-9-3-10-22-39)40-23-11-4-12-24-40;1-5-16-36(17-6-1)38-28-30-42(31-29-38)50(43-25-15-20-39(34-43)37-18-7-2-8-19-37)44-32-33-46-45-26-13-14-27-47(45)49(48(46)35-44,40-21-9-3-10-22-40)41-23-11-4-12-24-41;1-5-15-36(16-6-1)38-25-29-42(30-26-38)50(43-31-27-39(28-32-43)37-17-7-2-8-18-37)44-33-34-46-45-23-13-14-24-47(45)49(48(46)35-44,40-19-9-3-10-20-40)41-21-11-4-12-22-41/h3*1-35H. The first kappa shape index (κ1) is 91.9. The van der Waals surface area contributed by atoms with Gasteiger partial charge < -0.3 is 14.7 Å². The fraction of sp³-hybridized carbons (Fsp3) is 0.0204. The van der Waals surface area contributed by atoms with E-state index < -0.39 is 16.2 Å². The minimum atomic E-state index is -0.480. The molecule has 0 N–H and O–H groups in total. The van der Waals surface area contributed by atoms with Gasteiger partial charge in [0.1, 0.15) is 0 Å². The molecule has 0 heterocycles. The number of hydrogen-bond acceptors (Lipinski definition) is 3. The lowest BCUT2D eigenvalue weighted by Gasteiger charge is -2.35. The fourth-order valence-corrected chi connectivity index (χ4v) is 23.8. The summed E-state index contributed by atoms with van der Waals surface area (Å²) in [5, 5.41) is 0. The van der Waals surface area contributed by atoms with Crippen molar-refractivity contribution < 1.29 is 0 Å². The summed E-state index contributed by atoms with van der Waals surface area (Å²) in [5.41, 5.74) is 46.1. The normalized spacial score (nSPS) is 12.6. The highest BCUT2D eigenvalue weighted by atomic mass is 15.2. The summed E-state index contributed by atoms with van der Waals surface area (Å²) in [4.78, 5) is 7.24. The molecule has 3 heteroatoms. The summed E-state index contributed by atoms with van der Waals surface area (Å²) < 4.78 is 0. The molecule has 0 aliphatic heterocycles. The molecular weight excluding hydrogens is 1810 g/mol. The zero-order valence-corrected chi connectivity index (χ0v) is 83.0. The van der Waals surface area contributed by atoms with Gasteiger partial charge in [-0.1, -0.05) is 534 Å². The van der Waals surface area contributed by atoms with Crippen LogP contribution < -0.4 is 14.7 Å². The van der Waals surface area contributed by atoms with E-state index in [1.165, 1.54) is 167 Å². The number of nitrogens with zero attached hydrogens (tertiary/aromatic N) is 3. The molecule has 3 aliphatic carbocycles. The molecule has 0 unspecified atom stereocenters. The first-order valence-electron chi connectivity index (χ1n) is 51.8. The van der Waals surface area contributed by atoms with E-state index in [1.807, 2.05) is 0 Å². The summed E-state index contributed by atoms with van der Waals surface area (Å²) in [5.74, 6) is 0. The number of anilines is 9. The third-order valence-corrected chi connectivity index (χ3v) is 30.5. The average Bonchev–Trinajstić information content (AvgIpc) is 1.54. The van der Waals surface area contributed by atoms with Crippen molar-refractivity contribution in [2.75, 3.05) is 14.7 Å². The molecule has 24 aromatic rings. The van der Waals surface area contributed by atoms with Gasteiger partial charge in [-0.05, 0) is 264 Å². The number of fused-ring (bicyclic) bond motifs is 9. The van der Waals surface area contributed by atoms with E-state index in [-0.39, 0.29) is 0 Å². The van der Waals surface area contributed by atoms with Crippen LogP contribution in [0.5, 0.6) is 0 Å². The monoisotopic (exact) mass is 1910 g/mol. The summed E-state index contributed by atoms with van der Waals surface area (Å²) >= 11 is 0. The van der Waals surface area contributed by atoms with Crippen molar-refractivity contribution in [2.45, 2.75) is 16.2 Å². The van der Waals surface area contributed by atoms with Crippen LogP contribution in [0.4, 0.5) is 51.2 Å². The fourth-order valence-electron chi connectivity index (χ4n) is 23.8. The van der Waals surface area contributed by atoms with Crippen molar-refractivity contribution in [3.63, 3.8) is 0 Å². The van der Waals surface area contributed by atoms with Crippen molar-refractivity contribution in [2.24, 2.45) is 0 Å². The average molecular weight is 1910 g/mol. The van der Waals surface area contributed by atoms with Crippen molar-refractivity contribution in [1.29, 1.82) is 0 Å². The van der Waals surface area contributed by atoms with Crippen molar-refractivity contribution >= 4 is 51.2 Å². The molecule has 0 spiro atoms. The predicted octanol–water partition coefficient (Wildman–Crippen LogP) is 38.6. The number of para-hydroxylation sites is 1. The second-order valence-electron chi connectivity index (χ2n) is 38.7. The van der Waals surface area contributed by atoms with E-state index >= 15 is 0 Å². The molecule has 0 saturated carbocycles. The Balaban J connectivity index is 0.000000116. The Morgan fingerprint density at radius 2 is 0.287 bits per heavy atom. The van der Waals surface area contributed by atoms with Crippen LogP contribution in [-0.2, 0) is 16.2 Å². The molecule has 0 saturated heterocycles. The Morgan fingerprint density at radius 3 is 0.573 bits per heavy atom. The maximum Gasteiger partial charge on any atom is 0.0714 e. The third-order valence-electron chi connectivity index (χ3n) is 30.5. The topological polar surface area (TPSA) is 9.72 Å². The van der Waals surface area contributed by atoms with Crippen LogP contribution in [0.25, 0.3) is 100 Å². The van der Waals surface area contributed by atoms with Crippen LogP contribution in [0.2, 0.25) is 0 Å². The van der Waals surface area contributed by atoms with Crippen molar-refractivity contribution in [1.82, 2.24) is 0 Å². The summed E-state index contributed by atoms with van der Waals surface area (Å²) in [6, 6.07) is 231. The van der Waals surface area contributed by atoms with E-state index in [9.17, 15) is 0 Å². The van der Waals surface area contributed by atoms with E-state index in [0.717, 1.165) is 51.2 Å². The maximum absolute atomic E-state index is 2.45. The lowest BCUT2D eigenvalue weighted by molar-refractivity contribution is 0.768. The molecule has 0 amide bonds. The molecule has 24 aromatic carbocycles. The van der Waals surface area contributed by atoms with Gasteiger partial charge in [0.2, 0.25) is 0 Å². The number of benzene rings is 24. The Labute approximate surface area is 879 Å². The second kappa shape index (κ2) is 40.7. The summed E-state index contributed by atoms with van der Waals surface area (Å²) in [6.45, 7) is 0. The maximum atomic E-state index is 2.45. The van der Waals surface area contributed by atoms with Crippen LogP contribution in [0.15, 0.2) is 637 Å². The van der Waals surface area contributed by atoms with Crippen LogP contribution in [0, 0.1) is 0 Å². The minimum absolute atomic E-state index is 0.468. The van der Waals surface area contributed by atoms with Gasteiger partial charge in [0, 0.05) is 51.1 Å². The van der Waals surface area contributed by atoms with Gasteiger partial charge in [0.25, 0.3) is 0 Å². The Hall–Kier alpha value is -19.3. The zero-order chi connectivity index (χ0) is 100.0. The highest BCUT2D eigenvalue weighted by Crippen LogP contribution is 2.62. The van der Waals surface area contributed by atoms with Gasteiger partial charge in [-0.15, -0.1) is 0 Å². The van der Waals surface area contributed by atoms with Gasteiger partial charge in [0.15, 0.2) is 0 Å². The van der Waals surface area contributed by atoms with Gasteiger partial charge in [-0.25, -0.2) is 0 Å². The molecule has 708 valence electrons. The molecule has 3 aliphatic rings. The van der Waals surface area contributed by atoms with Crippen LogP contribution >= 0.6 is 0 Å². The van der Waals surface area contributed by atoms with E-state index in [0.29, 0.717) is 0 Å². The van der Waals surface area contributed by atoms with Crippen molar-refractivity contribution in [3.05, 3.63) is 704 Å². The molecule has 150 heavy (non-hydrogen) atoms. The van der Waals surface area contributed by atoms with E-state index in [1.54, 1.807) is 0 Å². The SMILES string of the molecule is c1ccc(-c2ccc(N(c3ccc(-c4ccccc4)cc3)c3ccc4c(c3)C(c3ccccc3)(c3ccccc3)c3ccccc3-4)cc2)cc1.c1ccc(-c2ccc(N(c3ccc4c(c3)C(c3ccccc3)(c3ccccc3)c3ccccc3-4)c3ccccc3-c3ccccc3)cc2)cc1.c1ccc(-c2ccc(N(c3cccc(-c4ccccc4)c3)c3ccc4c(c3)C(c3ccccc3)(c3ccccc3)c3ccccc3-4)cc2)cc1. The van der Waals surface area contributed by atoms with Gasteiger partial charge in [-0.2, -0.15) is 0 Å². The number of hydrogen-bond donors (Lipinski definition) is 0. The van der Waals surface area contributed by atoms with Gasteiger partial charge in [0.05, 0.1) is 21.9 Å². The second-order valence-corrected chi connectivity index (χ2v) is 38.7. The highest BCUT2D eigenvalue weighted by molar-refractivity contribution is 5.97. The lowest BCUT2D eigenvalue weighted by atomic mass is 9.67. The predicted molar refractivity (Wildman–Crippen MR) is 628 cm³/mol. The Morgan fingerprint density at radius 1 is 0.100 bits per heavy atom. The molecule has 0 bridgehead atoms. The summed E-state index contributed by atoms with van der Waals surface area (Å²) in [7, 11) is 0. The van der Waals surface area contributed by atoms with Gasteiger partial charge in [-0.3, -0.25) is 0 Å². The van der Waals surface area contributed by atoms with Crippen LogP contribution in [0.1, 0.15) is 66.8 Å². The molecule has 27 rings (SSSR count). The highest BCUT2D eigenvalue weighted by Gasteiger charge is 2.50. The molecule has 0 aromatic heterocycles. The first-order valence-corrected chi connectivity index (χ1v) is 51.8. The molecule has 0 radical (unpaired) electrons. The van der Waals surface area contributed by atoms with Gasteiger partial charge >= 0.3 is 0 Å². The largest absolute Gasteiger partial charge is 0.310 e. The quantitative estimate of drug-likeness (QED) is 0.0710. The molecule has 3 nitrogen and oxygen atoms in total. The third kappa shape index (κ3) is 16.8. The smallest absolute Gasteiger partial charge is 0.0714 e. The zero-order valence-electron chi connectivity index (χ0n) is 83.0. The van der Waals surface area contributed by atoms with E-state index in [4.69, 9.17) is 0 Å². The summed E-state index contributed by atoms with van der Waals surface area (Å²) in [6.07, 6.45) is 0. The molecule has 0 atom stereocenters. The van der Waals surface area contributed by atoms with E-state index in [2.05, 4.69) is 652 Å². The van der Waals surface area contributed by atoms with Crippen LogP contribution in [0.3, 0.4) is 0 Å². The Bertz CT molecular complexity index is 8630. The molecule has 0 fully saturated rings.